The van der Waals surface area contributed by atoms with Gasteiger partial charge in [0.15, 0.2) is 5.13 Å². The van der Waals surface area contributed by atoms with Gasteiger partial charge < -0.3 is 10.2 Å². The van der Waals surface area contributed by atoms with Crippen LogP contribution < -0.4 is 10.2 Å². The standard InChI is InChI=1S/C16H23N3S/c1-5-19(6-2)16-18-11-14(20-16)10-17-15-9-7-8-12(3)13(15)4/h7-9,11,17H,5-6,10H2,1-4H3. The minimum Gasteiger partial charge on any atom is -0.380 e. The minimum atomic E-state index is 0.837. The summed E-state index contributed by atoms with van der Waals surface area (Å²) in [5.41, 5.74) is 3.85. The molecule has 1 aromatic carbocycles. The molecule has 1 heterocycles. The van der Waals surface area contributed by atoms with Gasteiger partial charge in [0.2, 0.25) is 0 Å². The van der Waals surface area contributed by atoms with E-state index in [4.69, 9.17) is 0 Å². The van der Waals surface area contributed by atoms with Gasteiger partial charge in [-0.05, 0) is 44.9 Å². The molecule has 0 spiro atoms. The zero-order valence-electron chi connectivity index (χ0n) is 12.7. The molecule has 2 rings (SSSR count). The van der Waals surface area contributed by atoms with Gasteiger partial charge in [-0.15, -0.1) is 11.3 Å². The normalized spacial score (nSPS) is 10.6. The first-order chi connectivity index (χ1) is 9.65. The Kier molecular flexibility index (Phi) is 5.01. The first-order valence-electron chi connectivity index (χ1n) is 7.15. The summed E-state index contributed by atoms with van der Waals surface area (Å²) in [6.07, 6.45) is 1.98. The molecule has 0 aliphatic heterocycles. The van der Waals surface area contributed by atoms with Crippen LogP contribution in [0.3, 0.4) is 0 Å². The molecular weight excluding hydrogens is 266 g/mol. The lowest BCUT2D eigenvalue weighted by molar-refractivity contribution is 0.860. The van der Waals surface area contributed by atoms with Crippen LogP contribution in [0.25, 0.3) is 0 Å². The van der Waals surface area contributed by atoms with Gasteiger partial charge in [-0.3, -0.25) is 0 Å². The largest absolute Gasteiger partial charge is 0.380 e. The lowest BCUT2D eigenvalue weighted by Crippen LogP contribution is -2.21. The molecule has 0 aliphatic carbocycles. The van der Waals surface area contributed by atoms with E-state index in [1.807, 2.05) is 6.20 Å². The Morgan fingerprint density at radius 2 is 1.95 bits per heavy atom. The highest BCUT2D eigenvalue weighted by Crippen LogP contribution is 2.24. The fraction of sp³-hybridized carbons (Fsp3) is 0.438. The van der Waals surface area contributed by atoms with Gasteiger partial charge >= 0.3 is 0 Å². The molecule has 0 fully saturated rings. The maximum atomic E-state index is 4.51. The average molecular weight is 289 g/mol. The second-order valence-electron chi connectivity index (χ2n) is 4.88. The number of aryl methyl sites for hydroxylation is 1. The van der Waals surface area contributed by atoms with Gasteiger partial charge in [-0.1, -0.05) is 12.1 Å². The molecule has 4 heteroatoms. The summed E-state index contributed by atoms with van der Waals surface area (Å²) in [5.74, 6) is 0. The van der Waals surface area contributed by atoms with Crippen LogP contribution in [0.5, 0.6) is 0 Å². The van der Waals surface area contributed by atoms with E-state index < -0.39 is 0 Å². The summed E-state index contributed by atoms with van der Waals surface area (Å²) < 4.78 is 0. The Bertz CT molecular complexity index is 559. The third-order valence-electron chi connectivity index (χ3n) is 3.63. The Balaban J connectivity index is 2.03. The number of benzene rings is 1. The lowest BCUT2D eigenvalue weighted by atomic mass is 10.1. The maximum absolute atomic E-state index is 4.51. The fourth-order valence-electron chi connectivity index (χ4n) is 2.14. The SMILES string of the molecule is CCN(CC)c1ncc(CNc2cccc(C)c2C)s1. The molecule has 0 atom stereocenters. The number of thiazole rings is 1. The molecule has 2 aromatic rings. The molecule has 1 aromatic heterocycles. The summed E-state index contributed by atoms with van der Waals surface area (Å²) in [5, 5.41) is 4.63. The van der Waals surface area contributed by atoms with Gasteiger partial charge in [-0.25, -0.2) is 4.98 Å². The molecule has 3 nitrogen and oxygen atoms in total. The van der Waals surface area contributed by atoms with Crippen molar-refractivity contribution in [2.24, 2.45) is 0 Å². The first-order valence-corrected chi connectivity index (χ1v) is 7.97. The molecule has 20 heavy (non-hydrogen) atoms. The van der Waals surface area contributed by atoms with Crippen LogP contribution >= 0.6 is 11.3 Å². The minimum absolute atomic E-state index is 0.837. The van der Waals surface area contributed by atoms with Crippen molar-refractivity contribution in [2.45, 2.75) is 34.2 Å². The molecule has 0 unspecified atom stereocenters. The smallest absolute Gasteiger partial charge is 0.185 e. The van der Waals surface area contributed by atoms with Crippen LogP contribution in [-0.2, 0) is 6.54 Å². The van der Waals surface area contributed by atoms with E-state index in [0.29, 0.717) is 0 Å². The van der Waals surface area contributed by atoms with Crippen LogP contribution in [0, 0.1) is 13.8 Å². The Morgan fingerprint density at radius 3 is 2.65 bits per heavy atom. The molecule has 108 valence electrons. The van der Waals surface area contributed by atoms with Crippen molar-refractivity contribution in [1.29, 1.82) is 0 Å². The molecule has 0 saturated carbocycles. The van der Waals surface area contributed by atoms with Crippen LogP contribution in [0.15, 0.2) is 24.4 Å². The number of nitrogens with one attached hydrogen (secondary N) is 1. The monoisotopic (exact) mass is 289 g/mol. The summed E-state index contributed by atoms with van der Waals surface area (Å²) >= 11 is 1.77. The summed E-state index contributed by atoms with van der Waals surface area (Å²) in [4.78, 5) is 8.07. The lowest BCUT2D eigenvalue weighted by Gasteiger charge is -2.16. The quantitative estimate of drug-likeness (QED) is 0.863. The first kappa shape index (κ1) is 14.9. The van der Waals surface area contributed by atoms with Gasteiger partial charge in [-0.2, -0.15) is 0 Å². The second-order valence-corrected chi connectivity index (χ2v) is 5.98. The van der Waals surface area contributed by atoms with Crippen molar-refractivity contribution in [1.82, 2.24) is 4.98 Å². The van der Waals surface area contributed by atoms with Crippen LogP contribution in [0.4, 0.5) is 10.8 Å². The average Bonchev–Trinajstić information content (AvgIpc) is 2.91. The molecule has 0 saturated heterocycles. The topological polar surface area (TPSA) is 28.2 Å². The molecular formula is C16H23N3S. The van der Waals surface area contributed by atoms with E-state index in [2.05, 4.69) is 61.1 Å². The summed E-state index contributed by atoms with van der Waals surface area (Å²) in [7, 11) is 0. The number of rotatable bonds is 6. The number of anilines is 2. The zero-order chi connectivity index (χ0) is 14.5. The van der Waals surface area contributed by atoms with Crippen molar-refractivity contribution in [3.63, 3.8) is 0 Å². The van der Waals surface area contributed by atoms with Crippen LogP contribution in [0.1, 0.15) is 29.9 Å². The number of aromatic nitrogens is 1. The Hall–Kier alpha value is -1.55. The predicted molar refractivity (Wildman–Crippen MR) is 88.9 cm³/mol. The highest BCUT2D eigenvalue weighted by Gasteiger charge is 2.08. The van der Waals surface area contributed by atoms with E-state index in [9.17, 15) is 0 Å². The van der Waals surface area contributed by atoms with Crippen molar-refractivity contribution in [2.75, 3.05) is 23.3 Å². The number of nitrogens with zero attached hydrogens (tertiary/aromatic N) is 2. The van der Waals surface area contributed by atoms with Crippen LogP contribution in [-0.4, -0.2) is 18.1 Å². The fourth-order valence-corrected chi connectivity index (χ4v) is 3.12. The van der Waals surface area contributed by atoms with E-state index in [0.717, 1.165) is 24.8 Å². The summed E-state index contributed by atoms with van der Waals surface area (Å²) in [6.45, 7) is 11.5. The third kappa shape index (κ3) is 3.31. The third-order valence-corrected chi connectivity index (χ3v) is 4.69. The second kappa shape index (κ2) is 6.75. The predicted octanol–water partition coefficient (Wildman–Crippen LogP) is 4.22. The van der Waals surface area contributed by atoms with Crippen molar-refractivity contribution < 1.29 is 0 Å². The molecule has 0 amide bonds. The van der Waals surface area contributed by atoms with Gasteiger partial charge in [0.1, 0.15) is 0 Å². The number of hydrogen-bond donors (Lipinski definition) is 1. The van der Waals surface area contributed by atoms with Crippen molar-refractivity contribution in [3.8, 4) is 0 Å². The van der Waals surface area contributed by atoms with Gasteiger partial charge in [0.05, 0.1) is 6.54 Å². The van der Waals surface area contributed by atoms with E-state index in [-0.39, 0.29) is 0 Å². The number of hydrogen-bond acceptors (Lipinski definition) is 4. The Morgan fingerprint density at radius 1 is 1.20 bits per heavy atom. The highest BCUT2D eigenvalue weighted by atomic mass is 32.1. The maximum Gasteiger partial charge on any atom is 0.185 e. The highest BCUT2D eigenvalue weighted by molar-refractivity contribution is 7.15. The molecule has 0 radical (unpaired) electrons. The zero-order valence-corrected chi connectivity index (χ0v) is 13.5. The molecule has 0 aliphatic rings. The van der Waals surface area contributed by atoms with Gasteiger partial charge in [0.25, 0.3) is 0 Å². The van der Waals surface area contributed by atoms with Crippen molar-refractivity contribution in [3.05, 3.63) is 40.4 Å². The van der Waals surface area contributed by atoms with Crippen molar-refractivity contribution >= 4 is 22.2 Å². The molecule has 1 N–H and O–H groups in total. The summed E-state index contributed by atoms with van der Waals surface area (Å²) in [6, 6.07) is 6.37. The van der Waals surface area contributed by atoms with Crippen LogP contribution in [0.2, 0.25) is 0 Å². The Labute approximate surface area is 125 Å². The molecule has 0 bridgehead atoms. The van der Waals surface area contributed by atoms with E-state index >= 15 is 0 Å². The van der Waals surface area contributed by atoms with Gasteiger partial charge in [0, 0.05) is 29.9 Å². The van der Waals surface area contributed by atoms with E-state index in [1.54, 1.807) is 11.3 Å². The van der Waals surface area contributed by atoms with E-state index in [1.165, 1.54) is 21.7 Å².